The lowest BCUT2D eigenvalue weighted by Crippen LogP contribution is -2.16. The summed E-state index contributed by atoms with van der Waals surface area (Å²) in [7, 11) is 1.31. The SMILES string of the molecule is COC(=O)c1cccc(NC(=O)Cc2c(C)[nH]c3ccc(F)cc23)c1C. The molecule has 6 heteroatoms. The van der Waals surface area contributed by atoms with Crippen LogP contribution in [-0.2, 0) is 16.0 Å². The normalized spacial score (nSPS) is 10.8. The minimum Gasteiger partial charge on any atom is -0.465 e. The van der Waals surface area contributed by atoms with Crippen LogP contribution < -0.4 is 5.32 Å². The third-order valence-corrected chi connectivity index (χ3v) is 4.43. The molecule has 0 unspecified atom stereocenters. The average Bonchev–Trinajstić information content (AvgIpc) is 2.91. The summed E-state index contributed by atoms with van der Waals surface area (Å²) in [4.78, 5) is 27.5. The lowest BCUT2D eigenvalue weighted by molar-refractivity contribution is -0.115. The molecule has 0 spiro atoms. The monoisotopic (exact) mass is 354 g/mol. The largest absolute Gasteiger partial charge is 0.465 e. The Labute approximate surface area is 150 Å². The van der Waals surface area contributed by atoms with Crippen molar-refractivity contribution in [2.45, 2.75) is 20.3 Å². The number of aryl methyl sites for hydroxylation is 1. The Hall–Kier alpha value is -3.15. The molecule has 3 aromatic rings. The topological polar surface area (TPSA) is 71.2 Å². The van der Waals surface area contributed by atoms with Crippen molar-refractivity contribution in [2.24, 2.45) is 0 Å². The molecule has 0 saturated carbocycles. The Morgan fingerprint density at radius 3 is 2.69 bits per heavy atom. The van der Waals surface area contributed by atoms with E-state index in [9.17, 15) is 14.0 Å². The van der Waals surface area contributed by atoms with E-state index in [1.165, 1.54) is 19.2 Å². The van der Waals surface area contributed by atoms with Crippen LogP contribution >= 0.6 is 0 Å². The van der Waals surface area contributed by atoms with Crippen LogP contribution in [0.15, 0.2) is 36.4 Å². The Morgan fingerprint density at radius 1 is 1.19 bits per heavy atom. The average molecular weight is 354 g/mol. The van der Waals surface area contributed by atoms with Gasteiger partial charge in [0.05, 0.1) is 19.1 Å². The summed E-state index contributed by atoms with van der Waals surface area (Å²) in [6, 6.07) is 9.50. The summed E-state index contributed by atoms with van der Waals surface area (Å²) in [6.07, 6.45) is 0.0944. The fourth-order valence-corrected chi connectivity index (χ4v) is 3.04. The van der Waals surface area contributed by atoms with Gasteiger partial charge in [0.25, 0.3) is 0 Å². The predicted molar refractivity (Wildman–Crippen MR) is 97.8 cm³/mol. The molecule has 0 aliphatic carbocycles. The molecule has 0 aliphatic rings. The van der Waals surface area contributed by atoms with Gasteiger partial charge < -0.3 is 15.0 Å². The van der Waals surface area contributed by atoms with Crippen molar-refractivity contribution in [1.29, 1.82) is 0 Å². The summed E-state index contributed by atoms with van der Waals surface area (Å²) in [5, 5.41) is 3.51. The summed E-state index contributed by atoms with van der Waals surface area (Å²) >= 11 is 0. The van der Waals surface area contributed by atoms with Crippen LogP contribution in [0.25, 0.3) is 10.9 Å². The van der Waals surface area contributed by atoms with Gasteiger partial charge in [-0.25, -0.2) is 9.18 Å². The highest BCUT2D eigenvalue weighted by Crippen LogP contribution is 2.25. The first-order valence-corrected chi connectivity index (χ1v) is 8.15. The number of halogens is 1. The first-order valence-electron chi connectivity index (χ1n) is 8.15. The molecule has 0 saturated heterocycles. The number of esters is 1. The smallest absolute Gasteiger partial charge is 0.338 e. The molecule has 2 N–H and O–H groups in total. The molecule has 1 heterocycles. The Balaban J connectivity index is 1.86. The van der Waals surface area contributed by atoms with E-state index in [2.05, 4.69) is 10.3 Å². The highest BCUT2D eigenvalue weighted by molar-refractivity contribution is 5.99. The molecule has 1 amide bonds. The van der Waals surface area contributed by atoms with Crippen LogP contribution in [0.5, 0.6) is 0 Å². The number of H-pyrrole nitrogens is 1. The van der Waals surface area contributed by atoms with Crippen molar-refractivity contribution in [2.75, 3.05) is 12.4 Å². The zero-order valence-electron chi connectivity index (χ0n) is 14.8. The quantitative estimate of drug-likeness (QED) is 0.698. The maximum Gasteiger partial charge on any atom is 0.338 e. The predicted octanol–water partition coefficient (Wildman–Crippen LogP) is 3.89. The highest BCUT2D eigenvalue weighted by atomic mass is 19.1. The number of hydrogen-bond acceptors (Lipinski definition) is 3. The van der Waals surface area contributed by atoms with Crippen molar-refractivity contribution in [3.05, 3.63) is 64.6 Å². The van der Waals surface area contributed by atoms with E-state index in [4.69, 9.17) is 4.74 Å². The zero-order valence-corrected chi connectivity index (χ0v) is 14.8. The van der Waals surface area contributed by atoms with Gasteiger partial charge in [0.15, 0.2) is 0 Å². The lowest BCUT2D eigenvalue weighted by Gasteiger charge is -2.11. The van der Waals surface area contributed by atoms with Crippen LogP contribution in [0, 0.1) is 19.7 Å². The molecule has 1 aromatic heterocycles. The summed E-state index contributed by atoms with van der Waals surface area (Å²) in [6.45, 7) is 3.60. The lowest BCUT2D eigenvalue weighted by atomic mass is 10.1. The van der Waals surface area contributed by atoms with Crippen molar-refractivity contribution >= 4 is 28.5 Å². The van der Waals surface area contributed by atoms with E-state index < -0.39 is 5.97 Å². The molecule has 0 fully saturated rings. The molecule has 26 heavy (non-hydrogen) atoms. The van der Waals surface area contributed by atoms with Crippen LogP contribution in [0.2, 0.25) is 0 Å². The number of hydrogen-bond donors (Lipinski definition) is 2. The molecule has 0 radical (unpaired) electrons. The van der Waals surface area contributed by atoms with E-state index in [-0.39, 0.29) is 18.1 Å². The van der Waals surface area contributed by atoms with Crippen LogP contribution in [0.4, 0.5) is 10.1 Å². The first kappa shape index (κ1) is 17.7. The Bertz CT molecular complexity index is 1010. The van der Waals surface area contributed by atoms with E-state index in [0.29, 0.717) is 22.2 Å². The Kier molecular flexibility index (Phi) is 4.75. The van der Waals surface area contributed by atoms with Gasteiger partial charge >= 0.3 is 5.97 Å². The highest BCUT2D eigenvalue weighted by Gasteiger charge is 2.16. The minimum absolute atomic E-state index is 0.0944. The van der Waals surface area contributed by atoms with Gasteiger partial charge in [0.1, 0.15) is 5.82 Å². The number of ether oxygens (including phenoxy) is 1. The molecule has 0 bridgehead atoms. The fraction of sp³-hybridized carbons (Fsp3) is 0.200. The number of amides is 1. The maximum absolute atomic E-state index is 13.6. The number of fused-ring (bicyclic) bond motifs is 1. The van der Waals surface area contributed by atoms with Crippen LogP contribution in [0.1, 0.15) is 27.2 Å². The van der Waals surface area contributed by atoms with Gasteiger partial charge in [-0.05, 0) is 55.3 Å². The molecule has 3 rings (SSSR count). The second kappa shape index (κ2) is 7.00. The summed E-state index contributed by atoms with van der Waals surface area (Å²) in [5.41, 5.74) is 3.93. The van der Waals surface area contributed by atoms with Gasteiger partial charge in [0.2, 0.25) is 5.91 Å². The summed E-state index contributed by atoms with van der Waals surface area (Å²) in [5.74, 6) is -1.05. The molecule has 2 aromatic carbocycles. The van der Waals surface area contributed by atoms with Crippen molar-refractivity contribution in [3.8, 4) is 0 Å². The molecule has 5 nitrogen and oxygen atoms in total. The van der Waals surface area contributed by atoms with E-state index >= 15 is 0 Å². The molecular formula is C20H19FN2O3. The van der Waals surface area contributed by atoms with Gasteiger partial charge in [-0.15, -0.1) is 0 Å². The molecular weight excluding hydrogens is 335 g/mol. The molecule has 134 valence electrons. The number of benzene rings is 2. The number of carbonyl (C=O) groups is 2. The second-order valence-corrected chi connectivity index (χ2v) is 6.11. The van der Waals surface area contributed by atoms with Gasteiger partial charge in [-0.2, -0.15) is 0 Å². The van der Waals surface area contributed by atoms with E-state index in [1.807, 2.05) is 6.92 Å². The Morgan fingerprint density at radius 2 is 1.96 bits per heavy atom. The number of nitrogens with one attached hydrogen (secondary N) is 2. The fourth-order valence-electron chi connectivity index (χ4n) is 3.04. The summed E-state index contributed by atoms with van der Waals surface area (Å²) < 4.78 is 18.3. The van der Waals surface area contributed by atoms with E-state index in [0.717, 1.165) is 16.8 Å². The first-order chi connectivity index (χ1) is 12.4. The maximum atomic E-state index is 13.6. The number of methoxy groups -OCH3 is 1. The second-order valence-electron chi connectivity index (χ2n) is 6.11. The van der Waals surface area contributed by atoms with Gasteiger partial charge in [-0.3, -0.25) is 4.79 Å². The van der Waals surface area contributed by atoms with Gasteiger partial charge in [0, 0.05) is 22.3 Å². The zero-order chi connectivity index (χ0) is 18.8. The third kappa shape index (κ3) is 3.31. The van der Waals surface area contributed by atoms with Crippen LogP contribution in [-0.4, -0.2) is 24.0 Å². The van der Waals surface area contributed by atoms with Crippen molar-refractivity contribution in [3.63, 3.8) is 0 Å². The number of rotatable bonds is 4. The number of aromatic nitrogens is 1. The third-order valence-electron chi connectivity index (χ3n) is 4.43. The van der Waals surface area contributed by atoms with Crippen molar-refractivity contribution in [1.82, 2.24) is 4.98 Å². The minimum atomic E-state index is -0.457. The number of carbonyl (C=O) groups excluding carboxylic acids is 2. The van der Waals surface area contributed by atoms with Gasteiger partial charge in [-0.1, -0.05) is 6.07 Å². The molecule has 0 aliphatic heterocycles. The van der Waals surface area contributed by atoms with Crippen molar-refractivity contribution < 1.29 is 18.7 Å². The number of aromatic amines is 1. The molecule has 0 atom stereocenters. The van der Waals surface area contributed by atoms with E-state index in [1.54, 1.807) is 31.2 Å². The van der Waals surface area contributed by atoms with Crippen LogP contribution in [0.3, 0.4) is 0 Å². The number of anilines is 1. The standard InChI is InChI=1S/C20H19FN2O3/c1-11-14(20(25)26-3)5-4-6-17(11)23-19(24)10-15-12(2)22-18-8-7-13(21)9-16(15)18/h4-9,22H,10H2,1-3H3,(H,23,24).